The third kappa shape index (κ3) is 4.31. The molecule has 0 amide bonds. The first-order valence-corrected chi connectivity index (χ1v) is 9.24. The first kappa shape index (κ1) is 21.0. The molecule has 2 N–H and O–H groups in total. The van der Waals surface area contributed by atoms with Crippen LogP contribution < -0.4 is 10.6 Å². The Morgan fingerprint density at radius 2 is 1.10 bits per heavy atom. The Labute approximate surface area is 182 Å². The Hall–Kier alpha value is -2.76. The maximum atomic E-state index is 5.82. The average molecular weight is 429 g/mol. The SMILES string of the molecule is Cl.Cl.c1cc(-c2coc(-c3ccc(C4=NCCN4)cc3)c2)ccc1C1=NCCN1. The molecule has 1 aromatic heterocycles. The monoisotopic (exact) mass is 428 g/mol. The maximum Gasteiger partial charge on any atom is 0.134 e. The van der Waals surface area contributed by atoms with Crippen LogP contribution in [0.25, 0.3) is 22.5 Å². The molecule has 3 aromatic rings. The second kappa shape index (κ2) is 9.16. The van der Waals surface area contributed by atoms with Crippen molar-refractivity contribution in [1.29, 1.82) is 0 Å². The number of furan rings is 1. The standard InChI is InChI=1S/C22H20N4O.2ClH/c1-5-17(21-23-9-10-24-21)6-2-15(1)19-13-20(27-14-19)16-3-7-18(8-4-16)22-25-11-12-26-22;;/h1-8,13-14H,9-12H2,(H,23,24)(H,25,26);2*1H. The second-order valence-corrected chi connectivity index (χ2v) is 6.67. The van der Waals surface area contributed by atoms with Crippen molar-refractivity contribution in [2.75, 3.05) is 26.2 Å². The van der Waals surface area contributed by atoms with Crippen LogP contribution in [0, 0.1) is 0 Å². The molecule has 2 aromatic carbocycles. The molecule has 0 saturated heterocycles. The predicted octanol–water partition coefficient (Wildman–Crippen LogP) is 4.16. The first-order chi connectivity index (χ1) is 13.4. The topological polar surface area (TPSA) is 61.9 Å². The minimum Gasteiger partial charge on any atom is -0.464 e. The van der Waals surface area contributed by atoms with Gasteiger partial charge < -0.3 is 15.1 Å². The van der Waals surface area contributed by atoms with Crippen LogP contribution in [0.1, 0.15) is 11.1 Å². The molecule has 0 aliphatic carbocycles. The summed E-state index contributed by atoms with van der Waals surface area (Å²) in [6.45, 7) is 3.54. The number of nitrogens with zero attached hydrogens (tertiary/aromatic N) is 2. The number of aliphatic imine (C=N–C) groups is 2. The van der Waals surface area contributed by atoms with Crippen molar-refractivity contribution in [2.24, 2.45) is 9.98 Å². The Kier molecular flexibility index (Phi) is 6.62. The first-order valence-electron chi connectivity index (χ1n) is 9.24. The van der Waals surface area contributed by atoms with Gasteiger partial charge in [-0.25, -0.2) is 0 Å². The van der Waals surface area contributed by atoms with E-state index in [1.807, 2.05) is 6.26 Å². The van der Waals surface area contributed by atoms with Crippen molar-refractivity contribution in [3.8, 4) is 22.5 Å². The van der Waals surface area contributed by atoms with Gasteiger partial charge in [0.05, 0.1) is 19.4 Å². The molecular formula is C22H22Cl2N4O. The summed E-state index contributed by atoms with van der Waals surface area (Å²) < 4.78 is 5.82. The molecule has 5 nitrogen and oxygen atoms in total. The molecule has 0 spiro atoms. The van der Waals surface area contributed by atoms with E-state index in [4.69, 9.17) is 4.42 Å². The zero-order valence-corrected chi connectivity index (χ0v) is 17.4. The largest absolute Gasteiger partial charge is 0.464 e. The van der Waals surface area contributed by atoms with Gasteiger partial charge in [-0.05, 0) is 11.6 Å². The zero-order chi connectivity index (χ0) is 18.1. The molecule has 2 aliphatic heterocycles. The highest BCUT2D eigenvalue weighted by Gasteiger charge is 2.11. The van der Waals surface area contributed by atoms with E-state index < -0.39 is 0 Å². The van der Waals surface area contributed by atoms with Crippen molar-refractivity contribution in [1.82, 2.24) is 10.6 Å². The van der Waals surface area contributed by atoms with E-state index in [1.165, 1.54) is 0 Å². The minimum atomic E-state index is 0. The fraction of sp³-hybridized carbons (Fsp3) is 0.182. The maximum absolute atomic E-state index is 5.82. The molecule has 0 atom stereocenters. The predicted molar refractivity (Wildman–Crippen MR) is 123 cm³/mol. The third-order valence-electron chi connectivity index (χ3n) is 4.88. The normalized spacial score (nSPS) is 14.8. The Morgan fingerprint density at radius 3 is 1.59 bits per heavy atom. The molecule has 3 heterocycles. The van der Waals surface area contributed by atoms with Crippen molar-refractivity contribution in [3.05, 3.63) is 72.0 Å². The summed E-state index contributed by atoms with van der Waals surface area (Å²) >= 11 is 0. The van der Waals surface area contributed by atoms with Crippen molar-refractivity contribution >= 4 is 36.5 Å². The number of amidine groups is 2. The lowest BCUT2D eigenvalue weighted by Gasteiger charge is -2.03. The van der Waals surface area contributed by atoms with E-state index in [1.54, 1.807) is 0 Å². The quantitative estimate of drug-likeness (QED) is 0.655. The van der Waals surface area contributed by atoms with E-state index >= 15 is 0 Å². The van der Waals surface area contributed by atoms with Crippen LogP contribution in [0.4, 0.5) is 0 Å². The van der Waals surface area contributed by atoms with Gasteiger partial charge in [0.2, 0.25) is 0 Å². The van der Waals surface area contributed by atoms with Gasteiger partial charge in [0.15, 0.2) is 0 Å². The summed E-state index contributed by atoms with van der Waals surface area (Å²) in [5.41, 5.74) is 5.50. The number of nitrogens with one attached hydrogen (secondary N) is 2. The summed E-state index contributed by atoms with van der Waals surface area (Å²) in [6.07, 6.45) is 1.81. The summed E-state index contributed by atoms with van der Waals surface area (Å²) in [7, 11) is 0. The molecular weight excluding hydrogens is 407 g/mol. The zero-order valence-electron chi connectivity index (χ0n) is 15.7. The smallest absolute Gasteiger partial charge is 0.134 e. The van der Waals surface area contributed by atoms with Gasteiger partial charge in [0.25, 0.3) is 0 Å². The Bertz CT molecular complexity index is 942. The van der Waals surface area contributed by atoms with E-state index in [0.29, 0.717) is 0 Å². The van der Waals surface area contributed by atoms with E-state index in [2.05, 4.69) is 75.2 Å². The van der Waals surface area contributed by atoms with Crippen LogP contribution in [-0.2, 0) is 0 Å². The number of halogens is 2. The molecule has 0 unspecified atom stereocenters. The summed E-state index contributed by atoms with van der Waals surface area (Å²) in [5.74, 6) is 2.82. The molecule has 0 bridgehead atoms. The van der Waals surface area contributed by atoms with Gasteiger partial charge in [0, 0.05) is 35.3 Å². The Balaban J connectivity index is 0.00000120. The van der Waals surface area contributed by atoms with Crippen molar-refractivity contribution < 1.29 is 4.42 Å². The van der Waals surface area contributed by atoms with Crippen LogP contribution in [0.2, 0.25) is 0 Å². The molecule has 7 heteroatoms. The van der Waals surface area contributed by atoms with Gasteiger partial charge >= 0.3 is 0 Å². The second-order valence-electron chi connectivity index (χ2n) is 6.67. The van der Waals surface area contributed by atoms with E-state index in [9.17, 15) is 0 Å². The lowest BCUT2D eigenvalue weighted by atomic mass is 10.0. The number of benzene rings is 2. The summed E-state index contributed by atoms with van der Waals surface area (Å²) in [5, 5.41) is 6.60. The van der Waals surface area contributed by atoms with Crippen molar-refractivity contribution in [2.45, 2.75) is 0 Å². The van der Waals surface area contributed by atoms with Crippen LogP contribution in [-0.4, -0.2) is 37.9 Å². The fourth-order valence-electron chi connectivity index (χ4n) is 3.43. The molecule has 0 fully saturated rings. The minimum absolute atomic E-state index is 0. The van der Waals surface area contributed by atoms with E-state index in [-0.39, 0.29) is 24.8 Å². The number of hydrogen-bond acceptors (Lipinski definition) is 5. The lowest BCUT2D eigenvalue weighted by molar-refractivity contribution is 0.583. The molecule has 2 aliphatic rings. The van der Waals surface area contributed by atoms with Gasteiger partial charge in [-0.3, -0.25) is 9.98 Å². The summed E-state index contributed by atoms with van der Waals surface area (Å²) in [4.78, 5) is 8.92. The number of rotatable bonds is 4. The van der Waals surface area contributed by atoms with E-state index in [0.717, 1.165) is 71.4 Å². The van der Waals surface area contributed by atoms with Gasteiger partial charge in [0.1, 0.15) is 17.4 Å². The average Bonchev–Trinajstić information content (AvgIpc) is 3.51. The van der Waals surface area contributed by atoms with Crippen molar-refractivity contribution in [3.63, 3.8) is 0 Å². The molecule has 29 heavy (non-hydrogen) atoms. The molecule has 5 rings (SSSR count). The molecule has 150 valence electrons. The van der Waals surface area contributed by atoms with Gasteiger partial charge in [-0.1, -0.05) is 48.5 Å². The molecule has 0 radical (unpaired) electrons. The van der Waals surface area contributed by atoms with Crippen LogP contribution in [0.3, 0.4) is 0 Å². The highest BCUT2D eigenvalue weighted by atomic mass is 35.5. The number of hydrogen-bond donors (Lipinski definition) is 2. The lowest BCUT2D eigenvalue weighted by Crippen LogP contribution is -2.19. The van der Waals surface area contributed by atoms with Crippen LogP contribution >= 0.6 is 24.8 Å². The van der Waals surface area contributed by atoms with Gasteiger partial charge in [-0.15, -0.1) is 24.8 Å². The molecule has 0 saturated carbocycles. The summed E-state index contributed by atoms with van der Waals surface area (Å²) in [6, 6.07) is 18.8. The highest BCUT2D eigenvalue weighted by Crippen LogP contribution is 2.29. The fourth-order valence-corrected chi connectivity index (χ4v) is 3.43. The van der Waals surface area contributed by atoms with Gasteiger partial charge in [-0.2, -0.15) is 0 Å². The third-order valence-corrected chi connectivity index (χ3v) is 4.88. The van der Waals surface area contributed by atoms with Crippen LogP contribution in [0.5, 0.6) is 0 Å². The highest BCUT2D eigenvalue weighted by molar-refractivity contribution is 6.00. The Morgan fingerprint density at radius 1 is 0.621 bits per heavy atom. The van der Waals surface area contributed by atoms with Crippen LogP contribution in [0.15, 0.2) is 75.3 Å².